The van der Waals surface area contributed by atoms with Crippen LogP contribution in [0.2, 0.25) is 0 Å². The summed E-state index contributed by atoms with van der Waals surface area (Å²) in [5, 5.41) is 22.3. The summed E-state index contributed by atoms with van der Waals surface area (Å²) in [6, 6.07) is -1.72. The van der Waals surface area contributed by atoms with Gasteiger partial charge in [-0.2, -0.15) is 0 Å². The first-order valence-corrected chi connectivity index (χ1v) is 26.3. The highest BCUT2D eigenvalue weighted by atomic mass is 16.5. The number of nitrogens with zero attached hydrogens (tertiary/aromatic N) is 1. The highest BCUT2D eigenvalue weighted by Gasteiger charge is 2.32. The number of carboxylic acid groups (broad SMARTS) is 1. The molecule has 0 unspecified atom stereocenters. The van der Waals surface area contributed by atoms with Gasteiger partial charge in [0.25, 0.3) is 0 Å². The van der Waals surface area contributed by atoms with E-state index in [2.05, 4.69) is 36.6 Å². The molecule has 21 heteroatoms. The second kappa shape index (κ2) is 42.8. The van der Waals surface area contributed by atoms with Crippen LogP contribution in [0.4, 0.5) is 0 Å². The number of aromatic nitrogens is 2. The van der Waals surface area contributed by atoms with E-state index in [0.29, 0.717) is 64.0 Å². The van der Waals surface area contributed by atoms with E-state index >= 15 is 0 Å². The molecule has 0 spiro atoms. The predicted molar refractivity (Wildman–Crippen MR) is 272 cm³/mol. The maximum Gasteiger partial charge on any atom is 0.303 e. The molecule has 1 aromatic rings. The number of carbonyl (C=O) groups is 8. The monoisotopic (exact) mass is 1020 g/mol. The number of aliphatic carboxylic acids is 1. The quantitative estimate of drug-likeness (QED) is 0.0433. The van der Waals surface area contributed by atoms with Crippen molar-refractivity contribution in [2.75, 3.05) is 79.0 Å². The first kappa shape index (κ1) is 65.3. The maximum absolute atomic E-state index is 13.1. The van der Waals surface area contributed by atoms with Gasteiger partial charge in [-0.1, -0.05) is 77.0 Å². The van der Waals surface area contributed by atoms with Crippen LogP contribution in [-0.4, -0.2) is 159 Å². The molecule has 9 N–H and O–H groups in total. The molecule has 2 atom stereocenters. The van der Waals surface area contributed by atoms with Gasteiger partial charge in [-0.15, -0.1) is 0 Å². The van der Waals surface area contributed by atoms with Crippen LogP contribution in [0.3, 0.4) is 0 Å². The molecule has 1 rings (SSSR count). The lowest BCUT2D eigenvalue weighted by Crippen LogP contribution is -2.58. The number of imidazole rings is 1. The number of aromatic amines is 1. The Balaban J connectivity index is 2.01. The first-order valence-electron chi connectivity index (χ1n) is 26.3. The minimum absolute atomic E-state index is 0.110. The minimum Gasteiger partial charge on any atom is -0.481 e. The third-order valence-electron chi connectivity index (χ3n) is 11.7. The number of ketones is 3. The van der Waals surface area contributed by atoms with Gasteiger partial charge in [0.2, 0.25) is 23.6 Å². The third-order valence-corrected chi connectivity index (χ3v) is 11.7. The Morgan fingerprint density at radius 1 is 0.625 bits per heavy atom. The number of nitrogens with one attached hydrogen (secondary N) is 6. The van der Waals surface area contributed by atoms with Gasteiger partial charge in [-0.25, -0.2) is 4.98 Å². The van der Waals surface area contributed by atoms with Crippen LogP contribution in [0, 0.1) is 0 Å². The van der Waals surface area contributed by atoms with Crippen molar-refractivity contribution in [3.8, 4) is 0 Å². The van der Waals surface area contributed by atoms with E-state index in [1.165, 1.54) is 71.0 Å². The zero-order chi connectivity index (χ0) is 53.1. The summed E-state index contributed by atoms with van der Waals surface area (Å²) in [4.78, 5) is 104. The fourth-order valence-electron chi connectivity index (χ4n) is 7.35. The Kier molecular flexibility index (Phi) is 38.8. The number of hydrogen-bond acceptors (Lipinski definition) is 15. The van der Waals surface area contributed by atoms with Crippen molar-refractivity contribution in [2.24, 2.45) is 5.73 Å². The van der Waals surface area contributed by atoms with Crippen LogP contribution >= 0.6 is 0 Å². The van der Waals surface area contributed by atoms with Gasteiger partial charge >= 0.3 is 5.97 Å². The summed E-state index contributed by atoms with van der Waals surface area (Å²) in [5.41, 5.74) is 5.40. The molecule has 1 heterocycles. The Morgan fingerprint density at radius 2 is 1.15 bits per heavy atom. The van der Waals surface area contributed by atoms with Gasteiger partial charge in [-0.3, -0.25) is 43.7 Å². The minimum atomic E-state index is -1.29. The number of H-pyrrole nitrogens is 1. The molecule has 0 bridgehead atoms. The van der Waals surface area contributed by atoms with Crippen molar-refractivity contribution < 1.29 is 62.4 Å². The number of carboxylic acids is 1. The van der Waals surface area contributed by atoms with Crippen molar-refractivity contribution in [2.45, 2.75) is 180 Å². The van der Waals surface area contributed by atoms with Gasteiger partial charge in [0.1, 0.15) is 24.8 Å². The highest BCUT2D eigenvalue weighted by Crippen LogP contribution is 2.14. The molecular weight excluding hydrogens is 933 g/mol. The number of hydrogen-bond donors (Lipinski definition) is 8. The van der Waals surface area contributed by atoms with E-state index in [1.54, 1.807) is 20.0 Å². The van der Waals surface area contributed by atoms with Crippen molar-refractivity contribution >= 4 is 46.9 Å². The number of ether oxygens (including phenoxy) is 4. The van der Waals surface area contributed by atoms with Crippen molar-refractivity contribution in [1.29, 1.82) is 0 Å². The number of Topliss-reactive ketones (excluding diaryl/α,β-unsaturated/α-hetero) is 3. The lowest BCUT2D eigenvalue weighted by atomic mass is 9.97. The molecule has 412 valence electrons. The van der Waals surface area contributed by atoms with Gasteiger partial charge in [0.05, 0.1) is 70.1 Å². The molecule has 0 radical (unpaired) electrons. The zero-order valence-corrected chi connectivity index (χ0v) is 43.7. The van der Waals surface area contributed by atoms with Crippen molar-refractivity contribution in [3.05, 3.63) is 18.2 Å². The predicted octanol–water partition coefficient (Wildman–Crippen LogP) is 3.55. The van der Waals surface area contributed by atoms with E-state index in [4.69, 9.17) is 29.8 Å². The van der Waals surface area contributed by atoms with Crippen molar-refractivity contribution in [3.63, 3.8) is 0 Å². The SMILES string of the molecule is CC(=O)CNC(=O)[C@H](CCCCNC(=O)COCCOCCNC(=O)COCCOCCCC(=O)CCCCCCCCCCCCCCCCC(=O)O)NCC(=O)C(C)(C)NC(=O)[C@@H](N)Cc1cnc[nH]1. The molecule has 0 aliphatic carbocycles. The summed E-state index contributed by atoms with van der Waals surface area (Å²) in [5.74, 6) is -2.61. The highest BCUT2D eigenvalue weighted by molar-refractivity contribution is 5.95. The molecule has 4 amide bonds. The molecule has 0 aliphatic rings. The molecule has 0 aromatic carbocycles. The van der Waals surface area contributed by atoms with Gasteiger partial charge in [0, 0.05) is 57.3 Å². The smallest absolute Gasteiger partial charge is 0.303 e. The van der Waals surface area contributed by atoms with Crippen LogP contribution in [0.1, 0.15) is 161 Å². The zero-order valence-electron chi connectivity index (χ0n) is 43.7. The molecule has 21 nitrogen and oxygen atoms in total. The summed E-state index contributed by atoms with van der Waals surface area (Å²) in [7, 11) is 0. The molecular formula is C51H90N8O13. The van der Waals surface area contributed by atoms with Crippen LogP contribution < -0.4 is 32.3 Å². The summed E-state index contributed by atoms with van der Waals surface area (Å²) in [6.45, 7) is 6.07. The standard InChI is InChI=1S/C51H90N8O13/c1-40(60)34-57-50(68)44(56-36-45(62)51(2,3)59-49(67)43(52)33-41-35-53-39-58-41)23-18-19-25-54-46(63)37-72-32-30-70-28-26-55-47(64)38-71-31-29-69-27-20-22-42(61)21-16-14-12-10-8-6-4-5-7-9-11-13-15-17-24-48(65)66/h35,39,43-44,56H,4-34,36-38,52H2,1-3H3,(H,53,58)(H,54,63)(H,55,64)(H,57,68)(H,59,67)(H,65,66)/t43-,44-/m0/s1. The summed E-state index contributed by atoms with van der Waals surface area (Å²) in [6.07, 6.45) is 22.9. The molecule has 72 heavy (non-hydrogen) atoms. The normalized spacial score (nSPS) is 12.2. The van der Waals surface area contributed by atoms with Crippen molar-refractivity contribution in [1.82, 2.24) is 36.6 Å². The average molecular weight is 1020 g/mol. The summed E-state index contributed by atoms with van der Waals surface area (Å²) >= 11 is 0. The molecule has 0 saturated heterocycles. The topological polar surface area (TPSA) is 309 Å². The third kappa shape index (κ3) is 38.0. The Bertz CT molecular complexity index is 1660. The van der Waals surface area contributed by atoms with Crippen LogP contribution in [0.25, 0.3) is 0 Å². The molecule has 1 aromatic heterocycles. The fourth-order valence-corrected chi connectivity index (χ4v) is 7.35. The first-order chi connectivity index (χ1) is 34.6. The lowest BCUT2D eigenvalue weighted by molar-refractivity contribution is -0.137. The average Bonchev–Trinajstić information content (AvgIpc) is 3.85. The van der Waals surface area contributed by atoms with Gasteiger partial charge < -0.3 is 56.0 Å². The maximum atomic E-state index is 13.1. The number of unbranched alkanes of at least 4 members (excludes halogenated alkanes) is 14. The summed E-state index contributed by atoms with van der Waals surface area (Å²) < 4.78 is 21.7. The van der Waals surface area contributed by atoms with E-state index < -0.39 is 35.4 Å². The molecule has 0 saturated carbocycles. The van der Waals surface area contributed by atoms with Crippen LogP contribution in [-0.2, 0) is 63.7 Å². The number of amides is 4. The van der Waals surface area contributed by atoms with E-state index in [9.17, 15) is 38.4 Å². The van der Waals surface area contributed by atoms with E-state index in [-0.39, 0.29) is 101 Å². The second-order valence-corrected chi connectivity index (χ2v) is 18.8. The number of carbonyl (C=O) groups excluding carboxylic acids is 7. The Morgan fingerprint density at radius 3 is 1.71 bits per heavy atom. The van der Waals surface area contributed by atoms with E-state index in [1.807, 2.05) is 0 Å². The molecule has 0 fully saturated rings. The van der Waals surface area contributed by atoms with Crippen LogP contribution in [0.15, 0.2) is 12.5 Å². The van der Waals surface area contributed by atoms with Crippen LogP contribution in [0.5, 0.6) is 0 Å². The number of nitrogens with two attached hydrogens (primary N) is 1. The second-order valence-electron chi connectivity index (χ2n) is 18.8. The lowest BCUT2D eigenvalue weighted by Gasteiger charge is -2.27. The van der Waals surface area contributed by atoms with E-state index in [0.717, 1.165) is 32.1 Å². The number of rotatable bonds is 50. The Hall–Kier alpha value is -4.67. The van der Waals surface area contributed by atoms with Gasteiger partial charge in [0.15, 0.2) is 5.78 Å². The Labute approximate surface area is 427 Å². The fraction of sp³-hybridized carbons (Fsp3) is 0.784. The van der Waals surface area contributed by atoms with Gasteiger partial charge in [-0.05, 0) is 59.3 Å². The largest absolute Gasteiger partial charge is 0.481 e. The molecule has 0 aliphatic heterocycles.